The molecule has 3 nitrogen and oxygen atoms in total. The Morgan fingerprint density at radius 2 is 1.15 bits per heavy atom. The lowest BCUT2D eigenvalue weighted by Crippen LogP contribution is -2.12. The Morgan fingerprint density at radius 1 is 0.654 bits per heavy atom. The van der Waals surface area contributed by atoms with Gasteiger partial charge in [-0.25, -0.2) is 0 Å². The molecule has 4 aromatic rings. The van der Waals surface area contributed by atoms with Gasteiger partial charge < -0.3 is 14.6 Å². The third kappa shape index (κ3) is 3.15. The Bertz CT molecular complexity index is 967. The zero-order valence-electron chi connectivity index (χ0n) is 14.1. The summed E-state index contributed by atoms with van der Waals surface area (Å²) in [6.07, 6.45) is 0. The second-order valence-electron chi connectivity index (χ2n) is 5.90. The average Bonchev–Trinajstić information content (AvgIpc) is 2.70. The second-order valence-corrected chi connectivity index (χ2v) is 5.90. The molecule has 0 spiro atoms. The van der Waals surface area contributed by atoms with Gasteiger partial charge in [0.15, 0.2) is 0 Å². The van der Waals surface area contributed by atoms with E-state index >= 15 is 0 Å². The Labute approximate surface area is 153 Å². The normalized spacial score (nSPS) is 10.5. The van der Waals surface area contributed by atoms with E-state index in [9.17, 15) is 5.02 Å². The van der Waals surface area contributed by atoms with Gasteiger partial charge in [-0.2, -0.15) is 0 Å². The summed E-state index contributed by atoms with van der Waals surface area (Å²) in [7, 11) is 0.724. The minimum atomic E-state index is 0.582. The van der Waals surface area contributed by atoms with Crippen molar-refractivity contribution in [3.63, 3.8) is 0 Å². The lowest BCUT2D eigenvalue weighted by Gasteiger charge is -2.27. The van der Waals surface area contributed by atoms with E-state index in [0.29, 0.717) is 5.75 Å². The van der Waals surface area contributed by atoms with Crippen LogP contribution in [0.5, 0.6) is 5.75 Å². The quantitative estimate of drug-likeness (QED) is 0.507. The van der Waals surface area contributed by atoms with Crippen molar-refractivity contribution < 1.29 is 9.68 Å². The maximum Gasteiger partial charge on any atom is 0.569 e. The Kier molecular flexibility index (Phi) is 4.58. The maximum atomic E-state index is 9.27. The summed E-state index contributed by atoms with van der Waals surface area (Å²) in [5, 5.41) is 11.4. The topological polar surface area (TPSA) is 32.7 Å². The van der Waals surface area contributed by atoms with Crippen molar-refractivity contribution in [2.75, 3.05) is 4.90 Å². The molecule has 0 aliphatic heterocycles. The predicted octanol–water partition coefficient (Wildman–Crippen LogP) is 5.21. The van der Waals surface area contributed by atoms with Crippen molar-refractivity contribution in [2.45, 2.75) is 0 Å². The highest BCUT2D eigenvalue weighted by atomic mass is 16.5. The molecule has 26 heavy (non-hydrogen) atoms. The van der Waals surface area contributed by atoms with Crippen molar-refractivity contribution >= 4 is 35.5 Å². The van der Waals surface area contributed by atoms with Crippen LogP contribution in [0, 0.1) is 0 Å². The molecule has 0 bridgehead atoms. The average molecular weight is 338 g/mol. The SMILES string of the molecule is O[B]Oc1cc2ccccc2cc1N(c1ccccc1)c1ccccc1. The first-order valence-electron chi connectivity index (χ1n) is 8.42. The van der Waals surface area contributed by atoms with Gasteiger partial charge in [0, 0.05) is 11.4 Å². The van der Waals surface area contributed by atoms with Crippen molar-refractivity contribution in [1.29, 1.82) is 0 Å². The summed E-state index contributed by atoms with van der Waals surface area (Å²) < 4.78 is 5.46. The molecule has 4 rings (SSSR count). The van der Waals surface area contributed by atoms with Gasteiger partial charge in [0.05, 0.1) is 5.69 Å². The number of para-hydroxylation sites is 2. The van der Waals surface area contributed by atoms with Crippen LogP contribution in [0.15, 0.2) is 97.1 Å². The summed E-state index contributed by atoms with van der Waals surface area (Å²) in [6.45, 7) is 0. The van der Waals surface area contributed by atoms with Gasteiger partial charge in [0.25, 0.3) is 0 Å². The zero-order valence-corrected chi connectivity index (χ0v) is 14.1. The van der Waals surface area contributed by atoms with Crippen molar-refractivity contribution in [3.05, 3.63) is 97.1 Å². The monoisotopic (exact) mass is 338 g/mol. The minimum Gasteiger partial charge on any atom is -0.536 e. The standard InChI is InChI=1S/C22H17BNO2/c25-23-26-22-16-18-10-8-7-9-17(18)15-21(22)24(19-11-3-1-4-12-19)20-13-5-2-6-14-20/h1-16,25H. The highest BCUT2D eigenvalue weighted by Gasteiger charge is 2.17. The lowest BCUT2D eigenvalue weighted by atomic mass is 10.1. The number of rotatable bonds is 5. The Morgan fingerprint density at radius 3 is 1.69 bits per heavy atom. The molecule has 0 atom stereocenters. The third-order valence-electron chi connectivity index (χ3n) is 4.28. The summed E-state index contributed by atoms with van der Waals surface area (Å²) in [5.74, 6) is 0.582. The molecule has 0 saturated heterocycles. The molecule has 0 amide bonds. The number of nitrogens with zero attached hydrogens (tertiary/aromatic N) is 1. The van der Waals surface area contributed by atoms with E-state index in [0.717, 1.165) is 35.5 Å². The van der Waals surface area contributed by atoms with Crippen LogP contribution in [0.2, 0.25) is 0 Å². The molecule has 1 radical (unpaired) electrons. The number of benzene rings is 4. The first-order chi connectivity index (χ1) is 12.9. The van der Waals surface area contributed by atoms with E-state index in [2.05, 4.69) is 41.3 Å². The van der Waals surface area contributed by atoms with Gasteiger partial charge in [-0.15, -0.1) is 0 Å². The maximum absolute atomic E-state index is 9.27. The largest absolute Gasteiger partial charge is 0.569 e. The first-order valence-corrected chi connectivity index (χ1v) is 8.42. The number of hydrogen-bond donors (Lipinski definition) is 1. The van der Waals surface area contributed by atoms with Crippen LogP contribution in [-0.4, -0.2) is 12.7 Å². The van der Waals surface area contributed by atoms with E-state index in [4.69, 9.17) is 4.65 Å². The molecule has 0 fully saturated rings. The van der Waals surface area contributed by atoms with Gasteiger partial charge in [-0.05, 0) is 47.2 Å². The van der Waals surface area contributed by atoms with E-state index in [-0.39, 0.29) is 0 Å². The molecule has 4 heteroatoms. The van der Waals surface area contributed by atoms with E-state index in [1.165, 1.54) is 0 Å². The van der Waals surface area contributed by atoms with Crippen LogP contribution in [0.4, 0.5) is 17.1 Å². The van der Waals surface area contributed by atoms with Gasteiger partial charge in [-0.3, -0.25) is 0 Å². The van der Waals surface area contributed by atoms with E-state index in [1.54, 1.807) is 0 Å². The fourth-order valence-corrected chi connectivity index (χ4v) is 3.11. The number of hydrogen-bond acceptors (Lipinski definition) is 3. The molecule has 0 saturated carbocycles. The summed E-state index contributed by atoms with van der Waals surface area (Å²) >= 11 is 0. The molecule has 1 N–H and O–H groups in total. The van der Waals surface area contributed by atoms with Crippen LogP contribution in [0.3, 0.4) is 0 Å². The molecule has 0 aliphatic rings. The molecule has 4 aromatic carbocycles. The van der Waals surface area contributed by atoms with Crippen molar-refractivity contribution in [3.8, 4) is 5.75 Å². The number of anilines is 3. The van der Waals surface area contributed by atoms with Gasteiger partial charge in [-0.1, -0.05) is 60.7 Å². The smallest absolute Gasteiger partial charge is 0.536 e. The molecule has 0 unspecified atom stereocenters. The summed E-state index contributed by atoms with van der Waals surface area (Å²) in [5.41, 5.74) is 2.87. The van der Waals surface area contributed by atoms with Gasteiger partial charge in [0.2, 0.25) is 0 Å². The molecule has 125 valence electrons. The molecule has 0 aromatic heterocycles. The van der Waals surface area contributed by atoms with Crippen LogP contribution in [-0.2, 0) is 0 Å². The Hall–Kier alpha value is -3.24. The lowest BCUT2D eigenvalue weighted by molar-refractivity contribution is 0.455. The predicted molar refractivity (Wildman–Crippen MR) is 107 cm³/mol. The van der Waals surface area contributed by atoms with Crippen LogP contribution in [0.1, 0.15) is 0 Å². The summed E-state index contributed by atoms with van der Waals surface area (Å²) in [4.78, 5) is 2.12. The van der Waals surface area contributed by atoms with Crippen LogP contribution >= 0.6 is 0 Å². The minimum absolute atomic E-state index is 0.582. The van der Waals surface area contributed by atoms with Crippen molar-refractivity contribution in [2.24, 2.45) is 0 Å². The highest BCUT2D eigenvalue weighted by Crippen LogP contribution is 2.41. The Balaban J connectivity index is 1.97. The highest BCUT2D eigenvalue weighted by molar-refractivity contribution is 6.18. The third-order valence-corrected chi connectivity index (χ3v) is 4.28. The fraction of sp³-hybridized carbons (Fsp3) is 0. The van der Waals surface area contributed by atoms with E-state index < -0.39 is 0 Å². The van der Waals surface area contributed by atoms with Crippen molar-refractivity contribution in [1.82, 2.24) is 0 Å². The van der Waals surface area contributed by atoms with Crippen LogP contribution < -0.4 is 9.55 Å². The molecule has 0 aliphatic carbocycles. The molecule has 0 heterocycles. The van der Waals surface area contributed by atoms with Gasteiger partial charge >= 0.3 is 7.69 Å². The number of fused-ring (bicyclic) bond motifs is 1. The molecular weight excluding hydrogens is 321 g/mol. The second kappa shape index (κ2) is 7.34. The molecular formula is C22H17BNO2. The zero-order chi connectivity index (χ0) is 17.8. The van der Waals surface area contributed by atoms with Crippen LogP contribution in [0.25, 0.3) is 10.8 Å². The van der Waals surface area contributed by atoms with E-state index in [1.807, 2.05) is 60.7 Å². The summed E-state index contributed by atoms with van der Waals surface area (Å²) in [6, 6.07) is 32.3. The fourth-order valence-electron chi connectivity index (χ4n) is 3.11. The first kappa shape index (κ1) is 16.2. The van der Waals surface area contributed by atoms with Gasteiger partial charge in [0.1, 0.15) is 5.75 Å².